The van der Waals surface area contributed by atoms with Crippen molar-refractivity contribution in [2.24, 2.45) is 5.92 Å². The second-order valence-corrected chi connectivity index (χ2v) is 3.53. The fourth-order valence-electron chi connectivity index (χ4n) is 2.31. The van der Waals surface area contributed by atoms with Gasteiger partial charge in [-0.15, -0.1) is 0 Å². The van der Waals surface area contributed by atoms with E-state index in [-0.39, 0.29) is 11.9 Å². The van der Waals surface area contributed by atoms with Crippen molar-refractivity contribution in [1.82, 2.24) is 10.6 Å². The highest BCUT2D eigenvalue weighted by molar-refractivity contribution is 5.82. The summed E-state index contributed by atoms with van der Waals surface area (Å²) < 4.78 is 0. The minimum Gasteiger partial charge on any atom is -0.358 e. The topological polar surface area (TPSA) is 41.1 Å². The van der Waals surface area contributed by atoms with Crippen molar-refractivity contribution >= 4 is 5.91 Å². The van der Waals surface area contributed by atoms with E-state index in [0.29, 0.717) is 12.0 Å². The van der Waals surface area contributed by atoms with Crippen molar-refractivity contribution in [1.29, 1.82) is 0 Å². The molecule has 0 aromatic rings. The van der Waals surface area contributed by atoms with Crippen molar-refractivity contribution in [3.8, 4) is 0 Å². The van der Waals surface area contributed by atoms with Gasteiger partial charge in [0, 0.05) is 13.1 Å². The minimum atomic E-state index is 0.110. The zero-order chi connectivity index (χ0) is 7.84. The average molecular weight is 154 g/mol. The van der Waals surface area contributed by atoms with Gasteiger partial charge in [0.15, 0.2) is 0 Å². The molecule has 3 heteroatoms. The van der Waals surface area contributed by atoms with Crippen LogP contribution in [-0.2, 0) is 4.79 Å². The van der Waals surface area contributed by atoms with E-state index >= 15 is 0 Å². The zero-order valence-electron chi connectivity index (χ0n) is 6.76. The molecule has 2 rings (SSSR count). The molecule has 1 saturated carbocycles. The van der Waals surface area contributed by atoms with Gasteiger partial charge in [0.25, 0.3) is 0 Å². The van der Waals surface area contributed by atoms with Gasteiger partial charge in [-0.25, -0.2) is 0 Å². The Morgan fingerprint density at radius 3 is 2.82 bits per heavy atom. The molecule has 2 fully saturated rings. The number of hydrogen-bond donors (Lipinski definition) is 2. The molecule has 2 bridgehead atoms. The van der Waals surface area contributed by atoms with Crippen LogP contribution in [0.5, 0.6) is 0 Å². The SMILES string of the molecule is CNC(=O)C1NC2CCC1C2. The highest BCUT2D eigenvalue weighted by Gasteiger charge is 2.42. The van der Waals surface area contributed by atoms with Crippen LogP contribution >= 0.6 is 0 Å². The molecule has 1 aliphatic carbocycles. The quantitative estimate of drug-likeness (QED) is 0.552. The second kappa shape index (κ2) is 2.48. The van der Waals surface area contributed by atoms with Gasteiger partial charge >= 0.3 is 0 Å². The van der Waals surface area contributed by atoms with Gasteiger partial charge in [0.1, 0.15) is 0 Å². The van der Waals surface area contributed by atoms with Gasteiger partial charge in [-0.1, -0.05) is 0 Å². The molecule has 3 unspecified atom stereocenters. The van der Waals surface area contributed by atoms with Gasteiger partial charge in [-0.3, -0.25) is 4.79 Å². The molecular weight excluding hydrogens is 140 g/mol. The van der Waals surface area contributed by atoms with Crippen LogP contribution in [-0.4, -0.2) is 25.0 Å². The molecule has 11 heavy (non-hydrogen) atoms. The van der Waals surface area contributed by atoms with E-state index in [4.69, 9.17) is 0 Å². The summed E-state index contributed by atoms with van der Waals surface area (Å²) in [7, 11) is 1.70. The first-order valence-electron chi connectivity index (χ1n) is 4.29. The summed E-state index contributed by atoms with van der Waals surface area (Å²) in [6.07, 6.45) is 3.70. The summed E-state index contributed by atoms with van der Waals surface area (Å²) in [6, 6.07) is 0.737. The number of piperidine rings is 1. The van der Waals surface area contributed by atoms with Gasteiger partial charge in [0.05, 0.1) is 6.04 Å². The fraction of sp³-hybridized carbons (Fsp3) is 0.875. The Bertz CT molecular complexity index is 181. The minimum absolute atomic E-state index is 0.110. The molecule has 2 aliphatic rings. The van der Waals surface area contributed by atoms with Gasteiger partial charge in [-0.05, 0) is 25.2 Å². The highest BCUT2D eigenvalue weighted by atomic mass is 16.2. The summed E-state index contributed by atoms with van der Waals surface area (Å²) in [5, 5.41) is 6.02. The van der Waals surface area contributed by atoms with E-state index in [0.717, 1.165) is 0 Å². The van der Waals surface area contributed by atoms with E-state index in [1.165, 1.54) is 19.3 Å². The zero-order valence-corrected chi connectivity index (χ0v) is 6.76. The third kappa shape index (κ3) is 1.03. The van der Waals surface area contributed by atoms with E-state index in [1.54, 1.807) is 7.05 Å². The van der Waals surface area contributed by atoms with E-state index in [1.807, 2.05) is 0 Å². The predicted molar refractivity (Wildman–Crippen MR) is 42.1 cm³/mol. The van der Waals surface area contributed by atoms with Gasteiger partial charge < -0.3 is 10.6 Å². The highest BCUT2D eigenvalue weighted by Crippen LogP contribution is 2.34. The van der Waals surface area contributed by atoms with Crippen LogP contribution in [0, 0.1) is 5.92 Å². The maximum atomic E-state index is 11.2. The Balaban J connectivity index is 2.02. The van der Waals surface area contributed by atoms with Crippen LogP contribution in [0.15, 0.2) is 0 Å². The number of fused-ring (bicyclic) bond motifs is 2. The van der Waals surface area contributed by atoms with Gasteiger partial charge in [0.2, 0.25) is 5.91 Å². The molecule has 1 aliphatic heterocycles. The van der Waals surface area contributed by atoms with Crippen LogP contribution in [0.3, 0.4) is 0 Å². The number of nitrogens with one attached hydrogen (secondary N) is 2. The number of carbonyl (C=O) groups excluding carboxylic acids is 1. The summed E-state index contributed by atoms with van der Waals surface area (Å²) in [6.45, 7) is 0. The largest absolute Gasteiger partial charge is 0.358 e. The van der Waals surface area contributed by atoms with E-state index in [2.05, 4.69) is 10.6 Å². The molecule has 62 valence electrons. The molecular formula is C8H14N2O. The van der Waals surface area contributed by atoms with Crippen LogP contribution in [0.25, 0.3) is 0 Å². The average Bonchev–Trinajstić information content (AvgIpc) is 2.62. The smallest absolute Gasteiger partial charge is 0.237 e. The van der Waals surface area contributed by atoms with Gasteiger partial charge in [-0.2, -0.15) is 0 Å². The number of rotatable bonds is 1. The normalized spacial score (nSPS) is 41.0. The number of amides is 1. The Morgan fingerprint density at radius 1 is 1.55 bits per heavy atom. The number of carbonyl (C=O) groups is 1. The monoisotopic (exact) mass is 154 g/mol. The maximum Gasteiger partial charge on any atom is 0.237 e. The molecule has 1 heterocycles. The van der Waals surface area contributed by atoms with E-state index < -0.39 is 0 Å². The first kappa shape index (κ1) is 7.10. The van der Waals surface area contributed by atoms with Crippen LogP contribution in [0.4, 0.5) is 0 Å². The lowest BCUT2D eigenvalue weighted by Gasteiger charge is -2.20. The van der Waals surface area contributed by atoms with Crippen LogP contribution in [0.2, 0.25) is 0 Å². The molecule has 0 aromatic heterocycles. The van der Waals surface area contributed by atoms with Crippen molar-refractivity contribution in [3.63, 3.8) is 0 Å². The number of likely N-dealkylation sites (N-methyl/N-ethyl adjacent to an activating group) is 1. The van der Waals surface area contributed by atoms with Crippen molar-refractivity contribution in [2.75, 3.05) is 7.05 Å². The molecule has 0 aromatic carbocycles. The lowest BCUT2D eigenvalue weighted by molar-refractivity contribution is -0.123. The Labute approximate surface area is 66.5 Å². The molecule has 1 amide bonds. The summed E-state index contributed by atoms with van der Waals surface area (Å²) >= 11 is 0. The molecule has 0 radical (unpaired) electrons. The Kier molecular flexibility index (Phi) is 1.60. The number of hydrogen-bond acceptors (Lipinski definition) is 2. The summed E-state index contributed by atoms with van der Waals surface area (Å²) in [5.74, 6) is 0.775. The third-order valence-electron chi connectivity index (χ3n) is 2.89. The Morgan fingerprint density at radius 2 is 2.36 bits per heavy atom. The maximum absolute atomic E-state index is 11.2. The molecule has 0 spiro atoms. The van der Waals surface area contributed by atoms with Crippen LogP contribution < -0.4 is 10.6 Å². The lowest BCUT2D eigenvalue weighted by Crippen LogP contribution is -2.46. The first-order valence-corrected chi connectivity index (χ1v) is 4.29. The van der Waals surface area contributed by atoms with Crippen LogP contribution in [0.1, 0.15) is 19.3 Å². The Hall–Kier alpha value is -0.570. The fourth-order valence-corrected chi connectivity index (χ4v) is 2.31. The molecule has 2 N–H and O–H groups in total. The summed E-state index contributed by atoms with van der Waals surface area (Å²) in [4.78, 5) is 11.2. The predicted octanol–water partition coefficient (Wildman–Crippen LogP) is -0.127. The van der Waals surface area contributed by atoms with Crippen molar-refractivity contribution < 1.29 is 4.79 Å². The molecule has 3 atom stereocenters. The van der Waals surface area contributed by atoms with Crippen molar-refractivity contribution in [2.45, 2.75) is 31.3 Å². The third-order valence-corrected chi connectivity index (χ3v) is 2.89. The molecule has 1 saturated heterocycles. The lowest BCUT2D eigenvalue weighted by atomic mass is 9.99. The van der Waals surface area contributed by atoms with E-state index in [9.17, 15) is 4.79 Å². The van der Waals surface area contributed by atoms with Crippen molar-refractivity contribution in [3.05, 3.63) is 0 Å². The first-order chi connectivity index (χ1) is 5.31. The summed E-state index contributed by atoms with van der Waals surface area (Å²) in [5.41, 5.74) is 0. The standard InChI is InChI=1S/C8H14N2O/c1-9-8(11)7-5-2-3-6(4-5)10-7/h5-7,10H,2-4H2,1H3,(H,9,11). The molecule has 3 nitrogen and oxygen atoms in total. The second-order valence-electron chi connectivity index (χ2n) is 3.53.